The third kappa shape index (κ3) is 3.66. The Morgan fingerprint density at radius 1 is 1.18 bits per heavy atom. The van der Waals surface area contributed by atoms with E-state index in [1.165, 1.54) is 30.3 Å². The summed E-state index contributed by atoms with van der Waals surface area (Å²) in [6, 6.07) is 8.61. The number of nitrogens with one attached hydrogen (secondary N) is 1. The molecule has 3 N–H and O–H groups in total. The Morgan fingerprint density at radius 2 is 1.91 bits per heavy atom. The molecule has 1 amide bonds. The average Bonchev–Trinajstić information content (AvgIpc) is 2.48. The second-order valence-corrected chi connectivity index (χ2v) is 5.27. The Kier molecular flexibility index (Phi) is 4.85. The van der Waals surface area contributed by atoms with Gasteiger partial charge in [-0.25, -0.2) is 0 Å². The molecule has 0 aliphatic carbocycles. The number of nitro groups is 1. The highest BCUT2D eigenvalue weighted by molar-refractivity contribution is 6.42. The maximum atomic E-state index is 12.0. The first-order chi connectivity index (χ1) is 10.4. The Balaban J connectivity index is 2.07. The maximum absolute atomic E-state index is 12.0. The van der Waals surface area contributed by atoms with Gasteiger partial charge in [-0.15, -0.1) is 0 Å². The largest absolute Gasteiger partial charge is 0.398 e. The third-order valence-corrected chi connectivity index (χ3v) is 3.70. The van der Waals surface area contributed by atoms with Crippen LogP contribution in [0.5, 0.6) is 0 Å². The van der Waals surface area contributed by atoms with Crippen molar-refractivity contribution in [3.8, 4) is 0 Å². The van der Waals surface area contributed by atoms with Gasteiger partial charge >= 0.3 is 0 Å². The van der Waals surface area contributed by atoms with E-state index in [2.05, 4.69) is 5.32 Å². The fourth-order valence-electron chi connectivity index (χ4n) is 1.77. The highest BCUT2D eigenvalue weighted by Crippen LogP contribution is 2.23. The number of rotatable bonds is 4. The molecule has 0 aromatic heterocycles. The molecular formula is C14H11Cl2N3O3. The van der Waals surface area contributed by atoms with Crippen molar-refractivity contribution in [2.75, 3.05) is 5.73 Å². The van der Waals surface area contributed by atoms with Crippen LogP contribution in [0.3, 0.4) is 0 Å². The van der Waals surface area contributed by atoms with Crippen molar-refractivity contribution in [1.82, 2.24) is 5.32 Å². The van der Waals surface area contributed by atoms with E-state index in [1.807, 2.05) is 0 Å². The summed E-state index contributed by atoms with van der Waals surface area (Å²) >= 11 is 11.6. The van der Waals surface area contributed by atoms with E-state index < -0.39 is 4.92 Å². The summed E-state index contributed by atoms with van der Waals surface area (Å²) in [5.74, 6) is -0.351. The predicted molar refractivity (Wildman–Crippen MR) is 85.1 cm³/mol. The first kappa shape index (κ1) is 16.1. The number of amides is 1. The topological polar surface area (TPSA) is 98.3 Å². The monoisotopic (exact) mass is 339 g/mol. The number of nitrogens with zero attached hydrogens (tertiary/aromatic N) is 1. The molecule has 2 aromatic carbocycles. The minimum absolute atomic E-state index is 0.0999. The van der Waals surface area contributed by atoms with E-state index in [1.54, 1.807) is 6.07 Å². The summed E-state index contributed by atoms with van der Waals surface area (Å²) in [6.45, 7) is 0.142. The van der Waals surface area contributed by atoms with Gasteiger partial charge in [0.1, 0.15) is 0 Å². The van der Waals surface area contributed by atoms with Crippen molar-refractivity contribution >= 4 is 40.5 Å². The highest BCUT2D eigenvalue weighted by Gasteiger charge is 2.11. The lowest BCUT2D eigenvalue weighted by atomic mass is 10.1. The van der Waals surface area contributed by atoms with Crippen LogP contribution in [-0.4, -0.2) is 10.8 Å². The van der Waals surface area contributed by atoms with Crippen molar-refractivity contribution < 1.29 is 9.72 Å². The molecule has 0 aliphatic heterocycles. The molecule has 2 rings (SSSR count). The minimum atomic E-state index is -0.533. The summed E-state index contributed by atoms with van der Waals surface area (Å²) < 4.78 is 0. The first-order valence-corrected chi connectivity index (χ1v) is 6.90. The van der Waals surface area contributed by atoms with Gasteiger partial charge in [0.15, 0.2) is 0 Å². The molecule has 0 saturated carbocycles. The van der Waals surface area contributed by atoms with Crippen LogP contribution >= 0.6 is 23.2 Å². The van der Waals surface area contributed by atoms with Crippen LogP contribution in [-0.2, 0) is 6.54 Å². The molecule has 22 heavy (non-hydrogen) atoms. The molecule has 0 radical (unpaired) electrons. The van der Waals surface area contributed by atoms with Gasteiger partial charge in [-0.05, 0) is 29.8 Å². The lowest BCUT2D eigenvalue weighted by Gasteiger charge is -2.08. The molecule has 6 nitrogen and oxygen atoms in total. The normalized spacial score (nSPS) is 10.3. The number of carbonyl (C=O) groups excluding carboxylic acids is 1. The zero-order valence-corrected chi connectivity index (χ0v) is 12.7. The summed E-state index contributed by atoms with van der Waals surface area (Å²) in [5, 5.41) is 13.9. The predicted octanol–water partition coefficient (Wildman–Crippen LogP) is 3.41. The maximum Gasteiger partial charge on any atom is 0.271 e. The van der Waals surface area contributed by atoms with Gasteiger partial charge in [0.2, 0.25) is 0 Å². The third-order valence-electron chi connectivity index (χ3n) is 2.96. The highest BCUT2D eigenvalue weighted by atomic mass is 35.5. The Morgan fingerprint density at radius 3 is 2.50 bits per heavy atom. The number of hydrogen-bond acceptors (Lipinski definition) is 4. The molecule has 114 valence electrons. The number of nitrogen functional groups attached to an aromatic ring is 1. The molecule has 8 heteroatoms. The molecule has 0 bridgehead atoms. The Hall–Kier alpha value is -2.31. The summed E-state index contributed by atoms with van der Waals surface area (Å²) in [5.41, 5.74) is 6.81. The van der Waals surface area contributed by atoms with Crippen molar-refractivity contribution in [2.24, 2.45) is 0 Å². The smallest absolute Gasteiger partial charge is 0.271 e. The molecule has 0 fully saturated rings. The van der Waals surface area contributed by atoms with Crippen molar-refractivity contribution in [3.63, 3.8) is 0 Å². The number of hydrogen-bond donors (Lipinski definition) is 2. The lowest BCUT2D eigenvalue weighted by molar-refractivity contribution is -0.384. The summed E-state index contributed by atoms with van der Waals surface area (Å²) in [6.07, 6.45) is 0. The molecule has 0 atom stereocenters. The second-order valence-electron chi connectivity index (χ2n) is 4.45. The number of benzene rings is 2. The number of anilines is 1. The number of carbonyl (C=O) groups is 1. The van der Waals surface area contributed by atoms with Crippen molar-refractivity contribution in [2.45, 2.75) is 6.54 Å². The van der Waals surface area contributed by atoms with Gasteiger partial charge < -0.3 is 11.1 Å². The molecule has 0 unspecified atom stereocenters. The second kappa shape index (κ2) is 6.64. The summed E-state index contributed by atoms with van der Waals surface area (Å²) in [7, 11) is 0. The first-order valence-electron chi connectivity index (χ1n) is 6.14. The van der Waals surface area contributed by atoms with Gasteiger partial charge in [0.25, 0.3) is 11.6 Å². The van der Waals surface area contributed by atoms with E-state index in [0.29, 0.717) is 16.1 Å². The molecule has 2 aromatic rings. The SMILES string of the molecule is Nc1cc([N+](=O)[O-])ccc1CNC(=O)c1ccc(Cl)c(Cl)c1. The van der Waals surface area contributed by atoms with E-state index in [-0.39, 0.29) is 28.8 Å². The fraction of sp³-hybridized carbons (Fsp3) is 0.0714. The number of nitro benzene ring substituents is 1. The fourth-order valence-corrected chi connectivity index (χ4v) is 2.07. The number of nitrogens with two attached hydrogens (primary N) is 1. The standard InChI is InChI=1S/C14H11Cl2N3O3/c15-11-4-2-8(5-12(11)16)14(20)18-7-9-1-3-10(19(21)22)6-13(9)17/h1-6H,7,17H2,(H,18,20). The van der Waals surface area contributed by atoms with Crippen LogP contribution in [0.4, 0.5) is 11.4 Å². The molecule has 0 aliphatic rings. The van der Waals surface area contributed by atoms with E-state index in [4.69, 9.17) is 28.9 Å². The lowest BCUT2D eigenvalue weighted by Crippen LogP contribution is -2.23. The van der Waals surface area contributed by atoms with Crippen LogP contribution in [0.2, 0.25) is 10.0 Å². The zero-order valence-electron chi connectivity index (χ0n) is 11.2. The van der Waals surface area contributed by atoms with E-state index in [0.717, 1.165) is 0 Å². The van der Waals surface area contributed by atoms with Gasteiger partial charge in [-0.3, -0.25) is 14.9 Å². The number of non-ortho nitro benzene ring substituents is 1. The van der Waals surface area contributed by atoms with Crippen molar-refractivity contribution in [1.29, 1.82) is 0 Å². The average molecular weight is 340 g/mol. The van der Waals surface area contributed by atoms with Crippen LogP contribution in [0.25, 0.3) is 0 Å². The van der Waals surface area contributed by atoms with E-state index >= 15 is 0 Å². The van der Waals surface area contributed by atoms with Gasteiger partial charge in [-0.2, -0.15) is 0 Å². The zero-order chi connectivity index (χ0) is 16.3. The molecule has 0 heterocycles. The summed E-state index contributed by atoms with van der Waals surface area (Å²) in [4.78, 5) is 22.1. The Bertz CT molecular complexity index is 750. The van der Waals surface area contributed by atoms with Crippen LogP contribution in [0, 0.1) is 10.1 Å². The number of halogens is 2. The molecular weight excluding hydrogens is 329 g/mol. The van der Waals surface area contributed by atoms with Crippen molar-refractivity contribution in [3.05, 3.63) is 67.7 Å². The quantitative estimate of drug-likeness (QED) is 0.506. The minimum Gasteiger partial charge on any atom is -0.398 e. The van der Waals surface area contributed by atoms with Gasteiger partial charge in [0.05, 0.1) is 15.0 Å². The van der Waals surface area contributed by atoms with Crippen LogP contribution < -0.4 is 11.1 Å². The molecule has 0 saturated heterocycles. The Labute approximate surface area is 136 Å². The van der Waals surface area contributed by atoms with Crippen LogP contribution in [0.15, 0.2) is 36.4 Å². The molecule has 0 spiro atoms. The van der Waals surface area contributed by atoms with Gasteiger partial charge in [-0.1, -0.05) is 23.2 Å². The van der Waals surface area contributed by atoms with E-state index in [9.17, 15) is 14.9 Å². The van der Waals surface area contributed by atoms with Gasteiger partial charge in [0, 0.05) is 29.9 Å². The van der Waals surface area contributed by atoms with Crippen LogP contribution in [0.1, 0.15) is 15.9 Å².